The normalized spacial score (nSPS) is 34.2. The zero-order valence-electron chi connectivity index (χ0n) is 20.5. The Labute approximate surface area is 209 Å². The quantitative estimate of drug-likeness (QED) is 0.567. The molecule has 3 bridgehead atoms. The Kier molecular flexibility index (Phi) is 4.40. The van der Waals surface area contributed by atoms with Gasteiger partial charge < -0.3 is 15.0 Å². The zero-order valence-corrected chi connectivity index (χ0v) is 20.5. The number of rotatable bonds is 6. The Morgan fingerprint density at radius 1 is 1.14 bits per heavy atom. The molecule has 10 nitrogen and oxygen atoms in total. The average molecular weight is 489 g/mol. The first-order valence-corrected chi connectivity index (χ1v) is 13.4. The van der Waals surface area contributed by atoms with Crippen molar-refractivity contribution in [1.29, 1.82) is 0 Å². The number of carbonyl (C=O) groups excluding carboxylic acids is 1. The van der Waals surface area contributed by atoms with E-state index in [1.807, 2.05) is 28.8 Å². The number of hydrogen-bond donors (Lipinski definition) is 1. The van der Waals surface area contributed by atoms with Crippen molar-refractivity contribution < 1.29 is 9.53 Å². The van der Waals surface area contributed by atoms with E-state index >= 15 is 0 Å². The van der Waals surface area contributed by atoms with Crippen molar-refractivity contribution >= 4 is 17.5 Å². The number of pyridine rings is 1. The van der Waals surface area contributed by atoms with Crippen LogP contribution in [0.2, 0.25) is 0 Å². The number of imidazole rings is 1. The number of tetrazole rings is 1. The van der Waals surface area contributed by atoms with E-state index in [0.29, 0.717) is 36.3 Å². The number of nitrogens with zero attached hydrogens (tertiary/aromatic N) is 7. The lowest BCUT2D eigenvalue weighted by Gasteiger charge is -2.49. The summed E-state index contributed by atoms with van der Waals surface area (Å²) < 4.78 is 9.12. The van der Waals surface area contributed by atoms with Gasteiger partial charge in [0.15, 0.2) is 0 Å². The van der Waals surface area contributed by atoms with Crippen LogP contribution in [0, 0.1) is 28.6 Å². The third-order valence-corrected chi connectivity index (χ3v) is 10.1. The molecule has 1 N–H and O–H groups in total. The number of morpholine rings is 1. The molecule has 1 amide bonds. The number of aromatic nitrogens is 6. The van der Waals surface area contributed by atoms with Crippen molar-refractivity contribution in [2.75, 3.05) is 37.7 Å². The minimum atomic E-state index is -0.0124. The van der Waals surface area contributed by atoms with Crippen LogP contribution in [0.4, 0.5) is 5.95 Å². The summed E-state index contributed by atoms with van der Waals surface area (Å²) >= 11 is 0. The highest BCUT2D eigenvalue weighted by Crippen LogP contribution is 2.78. The summed E-state index contributed by atoms with van der Waals surface area (Å²) in [6.45, 7) is 4.12. The van der Waals surface area contributed by atoms with Gasteiger partial charge in [-0.15, -0.1) is 0 Å². The van der Waals surface area contributed by atoms with Crippen LogP contribution in [0.15, 0.2) is 24.4 Å². The standard InChI is InChI=1S/C26H32N8O2/c35-23(27-16-25-10-17-8-18-9-19(12-25)26(18,11-17)15-25)21-2-1-3-22-28-20(13-33(21)22)14-34-24(29-30-31-34)32-4-6-36-7-5-32/h1-3,13,17-19H,4-12,14-16H2,(H,27,35). The van der Waals surface area contributed by atoms with Crippen LogP contribution in [0.1, 0.15) is 54.7 Å². The Morgan fingerprint density at radius 2 is 2.06 bits per heavy atom. The third kappa shape index (κ3) is 3.02. The lowest BCUT2D eigenvalue weighted by molar-refractivity contribution is -0.00254. The number of carbonyl (C=O) groups is 1. The Hall–Kier alpha value is -3.01. The molecule has 8 rings (SSSR count). The summed E-state index contributed by atoms with van der Waals surface area (Å²) in [5, 5.41) is 15.6. The molecule has 3 aromatic rings. The van der Waals surface area contributed by atoms with E-state index in [2.05, 4.69) is 25.7 Å². The van der Waals surface area contributed by atoms with Gasteiger partial charge in [-0.05, 0) is 89.7 Å². The Bertz CT molecular complexity index is 1340. The molecular weight excluding hydrogens is 456 g/mol. The molecule has 1 spiro atoms. The van der Waals surface area contributed by atoms with Crippen LogP contribution in [-0.2, 0) is 11.3 Å². The van der Waals surface area contributed by atoms with Crippen molar-refractivity contribution in [3.63, 3.8) is 0 Å². The smallest absolute Gasteiger partial charge is 0.268 e. The molecule has 5 fully saturated rings. The number of amides is 1. The fraction of sp³-hybridized carbons (Fsp3) is 0.654. The predicted molar refractivity (Wildman–Crippen MR) is 131 cm³/mol. The summed E-state index contributed by atoms with van der Waals surface area (Å²) in [5.74, 6) is 3.50. The third-order valence-electron chi connectivity index (χ3n) is 10.1. The van der Waals surface area contributed by atoms with E-state index in [9.17, 15) is 4.79 Å². The first-order chi connectivity index (χ1) is 17.6. The molecule has 10 heteroatoms. The Balaban J connectivity index is 1.01. The molecule has 4 saturated carbocycles. The van der Waals surface area contributed by atoms with Crippen LogP contribution in [0.5, 0.6) is 0 Å². The molecule has 5 aliphatic rings. The fourth-order valence-corrected chi connectivity index (χ4v) is 8.87. The van der Waals surface area contributed by atoms with Crippen molar-refractivity contribution in [2.24, 2.45) is 28.6 Å². The number of hydrogen-bond acceptors (Lipinski definition) is 7. The molecule has 1 aliphatic heterocycles. The summed E-state index contributed by atoms with van der Waals surface area (Å²) in [4.78, 5) is 20.3. The Morgan fingerprint density at radius 3 is 2.97 bits per heavy atom. The largest absolute Gasteiger partial charge is 0.378 e. The van der Waals surface area contributed by atoms with Crippen LogP contribution >= 0.6 is 0 Å². The van der Waals surface area contributed by atoms with Crippen molar-refractivity contribution in [1.82, 2.24) is 34.9 Å². The molecule has 188 valence electrons. The summed E-state index contributed by atoms with van der Waals surface area (Å²) in [6, 6.07) is 5.74. The number of ether oxygens (including phenoxy) is 1. The lowest BCUT2D eigenvalue weighted by atomic mass is 9.55. The van der Waals surface area contributed by atoms with Gasteiger partial charge in [-0.2, -0.15) is 0 Å². The van der Waals surface area contributed by atoms with Gasteiger partial charge in [0.2, 0.25) is 5.95 Å². The number of fused-ring (bicyclic) bond motifs is 3. The van der Waals surface area contributed by atoms with Crippen LogP contribution < -0.4 is 10.2 Å². The maximum absolute atomic E-state index is 13.4. The van der Waals surface area contributed by atoms with Gasteiger partial charge >= 0.3 is 0 Å². The van der Waals surface area contributed by atoms with E-state index in [1.165, 1.54) is 38.5 Å². The van der Waals surface area contributed by atoms with E-state index in [1.54, 1.807) is 4.68 Å². The van der Waals surface area contributed by atoms with Crippen LogP contribution in [-0.4, -0.2) is 68.3 Å². The van der Waals surface area contributed by atoms with E-state index < -0.39 is 0 Å². The highest BCUT2D eigenvalue weighted by atomic mass is 16.5. The second-order valence-electron chi connectivity index (χ2n) is 12.0. The predicted octanol–water partition coefficient (Wildman–Crippen LogP) is 2.15. The molecule has 3 aromatic heterocycles. The van der Waals surface area contributed by atoms with Gasteiger partial charge in [0.1, 0.15) is 11.3 Å². The summed E-state index contributed by atoms with van der Waals surface area (Å²) in [5.41, 5.74) is 3.16. The van der Waals surface area contributed by atoms with E-state index in [4.69, 9.17) is 9.72 Å². The second kappa shape index (κ2) is 7.50. The van der Waals surface area contributed by atoms with Crippen molar-refractivity contribution in [3.8, 4) is 0 Å². The molecule has 4 heterocycles. The van der Waals surface area contributed by atoms with Gasteiger partial charge in [0.25, 0.3) is 5.91 Å². The monoisotopic (exact) mass is 488 g/mol. The van der Waals surface area contributed by atoms with Gasteiger partial charge in [0, 0.05) is 25.8 Å². The number of nitrogens with one attached hydrogen (secondary N) is 1. The maximum Gasteiger partial charge on any atom is 0.268 e. The van der Waals surface area contributed by atoms with Gasteiger partial charge in [0.05, 0.1) is 25.5 Å². The average Bonchev–Trinajstić information content (AvgIpc) is 3.60. The molecule has 4 aliphatic carbocycles. The van der Waals surface area contributed by atoms with Crippen LogP contribution in [0.3, 0.4) is 0 Å². The molecular formula is C26H32N8O2. The summed E-state index contributed by atoms with van der Waals surface area (Å²) in [6.07, 6.45) is 10.2. The highest BCUT2D eigenvalue weighted by molar-refractivity contribution is 5.93. The molecule has 0 aromatic carbocycles. The SMILES string of the molecule is O=C(NCC12CC3CC4CC(C1)C4(C3)C2)c1cccc2nc(Cn3nnnc3N3CCOCC3)cn12. The van der Waals surface area contributed by atoms with Crippen molar-refractivity contribution in [3.05, 3.63) is 35.8 Å². The van der Waals surface area contributed by atoms with E-state index in [-0.39, 0.29) is 5.91 Å². The topological polar surface area (TPSA) is 102 Å². The minimum Gasteiger partial charge on any atom is -0.378 e. The van der Waals surface area contributed by atoms with E-state index in [0.717, 1.165) is 54.7 Å². The zero-order chi connectivity index (χ0) is 23.9. The maximum atomic E-state index is 13.4. The van der Waals surface area contributed by atoms with Gasteiger partial charge in [-0.3, -0.25) is 9.20 Å². The first kappa shape index (κ1) is 21.1. The van der Waals surface area contributed by atoms with Gasteiger partial charge in [-0.1, -0.05) is 11.2 Å². The minimum absolute atomic E-state index is 0.0124. The molecule has 36 heavy (non-hydrogen) atoms. The molecule has 1 saturated heterocycles. The van der Waals surface area contributed by atoms with Crippen LogP contribution in [0.25, 0.3) is 5.65 Å². The summed E-state index contributed by atoms with van der Waals surface area (Å²) in [7, 11) is 0. The fourth-order valence-electron chi connectivity index (χ4n) is 8.87. The molecule has 5 atom stereocenters. The molecule has 0 radical (unpaired) electrons. The molecule has 5 unspecified atom stereocenters. The van der Waals surface area contributed by atoms with Gasteiger partial charge in [-0.25, -0.2) is 9.67 Å². The first-order valence-electron chi connectivity index (χ1n) is 13.4. The van der Waals surface area contributed by atoms with Crippen molar-refractivity contribution in [2.45, 2.75) is 45.1 Å². The number of anilines is 1. The lowest BCUT2D eigenvalue weighted by Crippen LogP contribution is -2.43. The second-order valence-corrected chi connectivity index (χ2v) is 12.0. The highest BCUT2D eigenvalue weighted by Gasteiger charge is 2.70.